The van der Waals surface area contributed by atoms with E-state index >= 15 is 0 Å². The molecule has 214 valence electrons. The molecule has 1 aliphatic heterocycles. The number of carboxylic acid groups (broad SMARTS) is 1. The van der Waals surface area contributed by atoms with Crippen molar-refractivity contribution in [1.29, 1.82) is 0 Å². The number of nitrogens with two attached hydrogens (primary N) is 1. The molecule has 0 bridgehead atoms. The van der Waals surface area contributed by atoms with Gasteiger partial charge in [0.05, 0.1) is 17.3 Å². The van der Waals surface area contributed by atoms with Crippen LogP contribution in [0.5, 0.6) is 0 Å². The Labute approximate surface area is 241 Å². The average molecular weight is 566 g/mol. The molecule has 5 aromatic rings. The number of hydrogen-bond acceptors (Lipinski definition) is 8. The van der Waals surface area contributed by atoms with Crippen molar-refractivity contribution in [2.24, 2.45) is 0 Å². The Morgan fingerprint density at radius 2 is 1.69 bits per heavy atom. The van der Waals surface area contributed by atoms with Crippen LogP contribution in [0.15, 0.2) is 78.0 Å². The van der Waals surface area contributed by atoms with E-state index in [-0.39, 0.29) is 5.56 Å². The maximum atomic E-state index is 13.7. The molecule has 1 amide bonds. The SMILES string of the molecule is Cc1ccn2nc(C(C)Nc3ncnc(N)c3-c3ccc(N4CCN(C(=O)O)CC4)cc3)n(-c3ccccc3)c(=O)c12. The third-order valence-electron chi connectivity index (χ3n) is 7.62. The van der Waals surface area contributed by atoms with Crippen molar-refractivity contribution in [3.63, 3.8) is 0 Å². The van der Waals surface area contributed by atoms with Gasteiger partial charge in [0.1, 0.15) is 23.5 Å². The Morgan fingerprint density at radius 3 is 2.38 bits per heavy atom. The van der Waals surface area contributed by atoms with Crippen molar-refractivity contribution < 1.29 is 9.90 Å². The van der Waals surface area contributed by atoms with Gasteiger partial charge >= 0.3 is 6.09 Å². The predicted octanol–water partition coefficient (Wildman–Crippen LogP) is 3.81. The molecule has 42 heavy (non-hydrogen) atoms. The van der Waals surface area contributed by atoms with Crippen LogP contribution in [0, 0.1) is 6.92 Å². The van der Waals surface area contributed by atoms with E-state index in [1.54, 1.807) is 15.3 Å². The standard InChI is InChI=1S/C30H31N9O3/c1-19-12-13-38-25(19)29(40)39(23-6-4-3-5-7-23)28(35-38)20(2)34-27-24(26(31)32-18-33-27)21-8-10-22(11-9-21)36-14-16-37(17-15-36)30(41)42/h3-13,18,20H,14-17H2,1-2H3,(H,41,42)(H3,31,32,33,34). The van der Waals surface area contributed by atoms with Crippen molar-refractivity contribution >= 4 is 28.9 Å². The number of rotatable bonds is 6. The zero-order valence-electron chi connectivity index (χ0n) is 23.3. The van der Waals surface area contributed by atoms with Crippen LogP contribution in [0.25, 0.3) is 22.3 Å². The van der Waals surface area contributed by atoms with E-state index in [4.69, 9.17) is 10.8 Å². The first-order valence-corrected chi connectivity index (χ1v) is 13.7. The number of anilines is 3. The Hall–Kier alpha value is -5.39. The third kappa shape index (κ3) is 4.87. The van der Waals surface area contributed by atoms with E-state index in [0.29, 0.717) is 60.4 Å². The summed E-state index contributed by atoms with van der Waals surface area (Å²) in [5.41, 5.74) is 10.7. The summed E-state index contributed by atoms with van der Waals surface area (Å²) in [7, 11) is 0. The highest BCUT2D eigenvalue weighted by atomic mass is 16.4. The number of nitrogens with zero attached hydrogens (tertiary/aromatic N) is 7. The van der Waals surface area contributed by atoms with Crippen LogP contribution in [0.1, 0.15) is 24.4 Å². The van der Waals surface area contributed by atoms with Gasteiger partial charge in [-0.05, 0) is 55.3 Å². The molecule has 0 saturated carbocycles. The Bertz CT molecular complexity index is 1810. The molecule has 0 spiro atoms. The molecule has 12 heteroatoms. The van der Waals surface area contributed by atoms with Gasteiger partial charge in [0.2, 0.25) is 0 Å². The second-order valence-corrected chi connectivity index (χ2v) is 10.3. The number of piperazine rings is 1. The van der Waals surface area contributed by atoms with Gasteiger partial charge in [0.25, 0.3) is 5.56 Å². The Morgan fingerprint density at radius 1 is 0.976 bits per heavy atom. The number of hydrogen-bond donors (Lipinski definition) is 3. The summed E-state index contributed by atoms with van der Waals surface area (Å²) in [6.45, 7) is 5.97. The lowest BCUT2D eigenvalue weighted by Gasteiger charge is -2.34. The number of fused-ring (bicyclic) bond motifs is 1. The number of nitrogens with one attached hydrogen (secondary N) is 1. The second-order valence-electron chi connectivity index (χ2n) is 10.3. The third-order valence-corrected chi connectivity index (χ3v) is 7.62. The molecule has 1 unspecified atom stereocenters. The molecule has 1 aliphatic rings. The van der Waals surface area contributed by atoms with Crippen LogP contribution in [0.2, 0.25) is 0 Å². The molecule has 6 rings (SSSR count). The minimum absolute atomic E-state index is 0.162. The predicted molar refractivity (Wildman–Crippen MR) is 161 cm³/mol. The Kier molecular flexibility index (Phi) is 6.95. The minimum atomic E-state index is -0.891. The summed E-state index contributed by atoms with van der Waals surface area (Å²) in [4.78, 5) is 37.3. The fourth-order valence-electron chi connectivity index (χ4n) is 5.40. The summed E-state index contributed by atoms with van der Waals surface area (Å²) in [6, 6.07) is 18.8. The number of aromatic nitrogens is 5. The molecule has 2 aromatic carbocycles. The number of carbonyl (C=O) groups is 1. The first kappa shape index (κ1) is 26.8. The quantitative estimate of drug-likeness (QED) is 0.280. The summed E-state index contributed by atoms with van der Waals surface area (Å²) < 4.78 is 3.25. The topological polar surface area (TPSA) is 147 Å². The molecule has 0 aliphatic carbocycles. The van der Waals surface area contributed by atoms with Crippen LogP contribution in [0.4, 0.5) is 22.1 Å². The van der Waals surface area contributed by atoms with E-state index in [2.05, 4.69) is 20.2 Å². The van der Waals surface area contributed by atoms with Crippen molar-refractivity contribution in [2.75, 3.05) is 42.1 Å². The second kappa shape index (κ2) is 10.9. The van der Waals surface area contributed by atoms with E-state index in [0.717, 1.165) is 16.8 Å². The molecule has 0 radical (unpaired) electrons. The summed E-state index contributed by atoms with van der Waals surface area (Å²) in [6.07, 6.45) is 2.30. The van der Waals surface area contributed by atoms with Gasteiger partial charge < -0.3 is 26.0 Å². The van der Waals surface area contributed by atoms with Gasteiger partial charge in [-0.25, -0.2) is 19.3 Å². The number of amides is 1. The monoisotopic (exact) mass is 565 g/mol. The van der Waals surface area contributed by atoms with Crippen LogP contribution in [-0.2, 0) is 0 Å². The fourth-order valence-corrected chi connectivity index (χ4v) is 5.40. The molecular formula is C30H31N9O3. The van der Waals surface area contributed by atoms with E-state index in [1.807, 2.05) is 74.5 Å². The smallest absolute Gasteiger partial charge is 0.407 e. The van der Waals surface area contributed by atoms with Crippen molar-refractivity contribution in [3.8, 4) is 16.8 Å². The van der Waals surface area contributed by atoms with Crippen molar-refractivity contribution in [1.82, 2.24) is 29.0 Å². The largest absolute Gasteiger partial charge is 0.465 e. The lowest BCUT2D eigenvalue weighted by atomic mass is 10.1. The molecular weight excluding hydrogens is 534 g/mol. The van der Waals surface area contributed by atoms with Gasteiger partial charge in [-0.3, -0.25) is 9.36 Å². The number of benzene rings is 2. The van der Waals surface area contributed by atoms with Crippen molar-refractivity contribution in [2.45, 2.75) is 19.9 Å². The summed E-state index contributed by atoms with van der Waals surface area (Å²) >= 11 is 0. The number of aryl methyl sites for hydroxylation is 1. The van der Waals surface area contributed by atoms with Gasteiger partial charge in [0, 0.05) is 38.1 Å². The first-order valence-electron chi connectivity index (χ1n) is 13.7. The zero-order chi connectivity index (χ0) is 29.4. The highest BCUT2D eigenvalue weighted by molar-refractivity contribution is 5.84. The van der Waals surface area contributed by atoms with E-state index in [9.17, 15) is 14.7 Å². The lowest BCUT2D eigenvalue weighted by Crippen LogP contribution is -2.48. The molecule has 1 atom stereocenters. The van der Waals surface area contributed by atoms with E-state index in [1.165, 1.54) is 11.2 Å². The summed E-state index contributed by atoms with van der Waals surface area (Å²) in [5, 5.41) is 17.5. The maximum absolute atomic E-state index is 13.7. The van der Waals surface area contributed by atoms with Gasteiger partial charge in [-0.2, -0.15) is 5.10 Å². The lowest BCUT2D eigenvalue weighted by molar-refractivity contribution is 0.142. The van der Waals surface area contributed by atoms with Crippen LogP contribution >= 0.6 is 0 Å². The molecule has 3 aromatic heterocycles. The van der Waals surface area contributed by atoms with Crippen LogP contribution in [0.3, 0.4) is 0 Å². The fraction of sp³-hybridized carbons (Fsp3) is 0.233. The zero-order valence-corrected chi connectivity index (χ0v) is 23.3. The Balaban J connectivity index is 1.33. The number of nitrogen functional groups attached to an aromatic ring is 1. The minimum Gasteiger partial charge on any atom is -0.465 e. The number of para-hydroxylation sites is 1. The van der Waals surface area contributed by atoms with Crippen molar-refractivity contribution in [3.05, 3.63) is 94.9 Å². The van der Waals surface area contributed by atoms with Gasteiger partial charge in [-0.1, -0.05) is 30.3 Å². The average Bonchev–Trinajstić information content (AvgIpc) is 3.38. The van der Waals surface area contributed by atoms with E-state index < -0.39 is 12.1 Å². The first-order chi connectivity index (χ1) is 20.3. The van der Waals surface area contributed by atoms with Crippen LogP contribution in [-0.4, -0.2) is 66.4 Å². The molecule has 12 nitrogen and oxygen atoms in total. The molecule has 1 fully saturated rings. The molecule has 4 N–H and O–H groups in total. The van der Waals surface area contributed by atoms with Crippen LogP contribution < -0.4 is 21.5 Å². The highest BCUT2D eigenvalue weighted by Crippen LogP contribution is 2.34. The van der Waals surface area contributed by atoms with Gasteiger partial charge in [-0.15, -0.1) is 0 Å². The molecule has 1 saturated heterocycles. The highest BCUT2D eigenvalue weighted by Gasteiger charge is 2.23. The normalized spacial score (nSPS) is 14.2. The maximum Gasteiger partial charge on any atom is 0.407 e. The van der Waals surface area contributed by atoms with Gasteiger partial charge in [0.15, 0.2) is 5.82 Å². The summed E-state index contributed by atoms with van der Waals surface area (Å²) in [5.74, 6) is 1.33. The molecule has 4 heterocycles.